The van der Waals surface area contributed by atoms with Gasteiger partial charge in [0.1, 0.15) is 5.82 Å². The third-order valence-corrected chi connectivity index (χ3v) is 6.27. The van der Waals surface area contributed by atoms with E-state index < -0.39 is 6.04 Å². The first-order valence-electron chi connectivity index (χ1n) is 11.0. The van der Waals surface area contributed by atoms with Crippen LogP contribution in [0.25, 0.3) is 17.0 Å². The molecule has 0 amide bonds. The maximum absolute atomic E-state index is 14.1. The molecule has 170 valence electrons. The number of rotatable bonds is 5. The molecule has 0 aliphatic carbocycles. The number of nitrogens with one attached hydrogen (secondary N) is 1. The largest absolute Gasteiger partial charge is 0.351 e. The lowest BCUT2D eigenvalue weighted by Gasteiger charge is -2.37. The number of aryl methyl sites for hydroxylation is 1. The van der Waals surface area contributed by atoms with E-state index in [1.54, 1.807) is 6.07 Å². The summed E-state index contributed by atoms with van der Waals surface area (Å²) in [4.78, 5) is 6.70. The molecule has 1 aliphatic heterocycles. The van der Waals surface area contributed by atoms with Gasteiger partial charge in [0.25, 0.3) is 5.89 Å². The van der Waals surface area contributed by atoms with Gasteiger partial charge in [0.2, 0.25) is 5.82 Å². The van der Waals surface area contributed by atoms with E-state index >= 15 is 0 Å². The van der Waals surface area contributed by atoms with Crippen LogP contribution in [-0.4, -0.2) is 20.2 Å². The van der Waals surface area contributed by atoms with Gasteiger partial charge in [0.15, 0.2) is 5.11 Å². The number of benzene rings is 3. The summed E-state index contributed by atoms with van der Waals surface area (Å²) < 4.78 is 19.9. The second-order valence-electron chi connectivity index (χ2n) is 8.30. The van der Waals surface area contributed by atoms with Crippen LogP contribution < -0.4 is 5.32 Å². The molecule has 0 spiro atoms. The molecule has 2 heterocycles. The number of thiocarbonyl (C=S) groups is 1. The van der Waals surface area contributed by atoms with E-state index in [9.17, 15) is 4.39 Å². The van der Waals surface area contributed by atoms with Gasteiger partial charge in [-0.05, 0) is 49.3 Å². The molecule has 5 nitrogen and oxygen atoms in total. The van der Waals surface area contributed by atoms with Gasteiger partial charge in [-0.2, -0.15) is 4.98 Å². The van der Waals surface area contributed by atoms with E-state index in [-0.39, 0.29) is 5.82 Å². The molecule has 3 aromatic carbocycles. The first-order chi connectivity index (χ1) is 16.5. The van der Waals surface area contributed by atoms with Crippen LogP contribution in [0, 0.1) is 12.7 Å². The van der Waals surface area contributed by atoms with Crippen molar-refractivity contribution in [1.29, 1.82) is 0 Å². The molecule has 1 N–H and O–H groups in total. The highest BCUT2D eigenvalue weighted by Gasteiger charge is 2.34. The molecule has 7 heteroatoms. The summed E-state index contributed by atoms with van der Waals surface area (Å²) in [6, 6.07) is 24.0. The van der Waals surface area contributed by atoms with Gasteiger partial charge in [-0.3, -0.25) is 0 Å². The summed E-state index contributed by atoms with van der Waals surface area (Å²) in [6.07, 6.45) is 0. The Morgan fingerprint density at radius 3 is 2.50 bits per heavy atom. The predicted molar refractivity (Wildman–Crippen MR) is 134 cm³/mol. The normalized spacial score (nSPS) is 16.0. The molecule has 0 saturated heterocycles. The van der Waals surface area contributed by atoms with Gasteiger partial charge < -0.3 is 14.7 Å². The van der Waals surface area contributed by atoms with Crippen LogP contribution in [0.2, 0.25) is 0 Å². The fraction of sp³-hybridized carbons (Fsp3) is 0.148. The maximum Gasteiger partial charge on any atom is 0.258 e. The third-order valence-electron chi connectivity index (χ3n) is 5.93. The molecule has 0 bridgehead atoms. The van der Waals surface area contributed by atoms with Gasteiger partial charge in [0.05, 0.1) is 11.6 Å². The Hall–Kier alpha value is -3.84. The van der Waals surface area contributed by atoms with Crippen molar-refractivity contribution in [2.24, 2.45) is 0 Å². The summed E-state index contributed by atoms with van der Waals surface area (Å²) in [7, 11) is 0. The monoisotopic (exact) mass is 470 g/mol. The number of allylic oxidation sites excluding steroid dienone is 1. The van der Waals surface area contributed by atoms with Crippen molar-refractivity contribution in [3.63, 3.8) is 0 Å². The minimum absolute atomic E-state index is 0.320. The van der Waals surface area contributed by atoms with E-state index in [2.05, 4.69) is 41.7 Å². The zero-order valence-electron chi connectivity index (χ0n) is 18.8. The van der Waals surface area contributed by atoms with Crippen LogP contribution in [0.1, 0.15) is 35.5 Å². The van der Waals surface area contributed by atoms with Crippen LogP contribution in [0.15, 0.2) is 89.1 Å². The molecule has 0 saturated carbocycles. The van der Waals surface area contributed by atoms with Gasteiger partial charge >= 0.3 is 0 Å². The van der Waals surface area contributed by atoms with Crippen molar-refractivity contribution >= 4 is 22.9 Å². The maximum atomic E-state index is 14.1. The Morgan fingerprint density at radius 2 is 1.76 bits per heavy atom. The molecule has 4 aromatic rings. The zero-order valence-corrected chi connectivity index (χ0v) is 19.6. The number of aromatic nitrogens is 2. The summed E-state index contributed by atoms with van der Waals surface area (Å²) in [5.74, 6) is 0.543. The highest BCUT2D eigenvalue weighted by molar-refractivity contribution is 7.80. The second kappa shape index (κ2) is 9.19. The van der Waals surface area contributed by atoms with Gasteiger partial charge in [-0.15, -0.1) is 0 Å². The standard InChI is InChI=1S/C27H23FN4OS/c1-17-11-13-19(14-12-17)16-32-18(2)23(24(29-27(32)34)21-9-6-10-22(28)15-21)26-30-25(31-33-26)20-7-4-3-5-8-20/h3-15,24H,16H2,1-2H3,(H,29,34). The molecule has 0 radical (unpaired) electrons. The SMILES string of the molecule is CC1=C(c2nc(-c3ccccc3)no2)C(c2cccc(F)c2)NC(=S)N1Cc1ccc(C)cc1. The molecule has 1 aliphatic rings. The second-order valence-corrected chi connectivity index (χ2v) is 8.68. The molecule has 1 unspecified atom stereocenters. The zero-order chi connectivity index (χ0) is 23.7. The molecular formula is C27H23FN4OS. The van der Waals surface area contributed by atoms with E-state index in [1.165, 1.54) is 17.7 Å². The highest BCUT2D eigenvalue weighted by atomic mass is 32.1. The van der Waals surface area contributed by atoms with Crippen LogP contribution in [0.3, 0.4) is 0 Å². The van der Waals surface area contributed by atoms with Gasteiger partial charge in [-0.25, -0.2) is 4.39 Å². The van der Waals surface area contributed by atoms with Gasteiger partial charge in [-0.1, -0.05) is 77.5 Å². The first-order valence-corrected chi connectivity index (χ1v) is 11.4. The molecule has 0 fully saturated rings. The molecule has 5 rings (SSSR count). The molecule has 34 heavy (non-hydrogen) atoms. The van der Waals surface area contributed by atoms with Crippen molar-refractivity contribution in [1.82, 2.24) is 20.4 Å². The van der Waals surface area contributed by atoms with E-state index in [1.807, 2.05) is 48.2 Å². The Bertz CT molecular complexity index is 1360. The number of nitrogens with zero attached hydrogens (tertiary/aromatic N) is 3. The predicted octanol–water partition coefficient (Wildman–Crippen LogP) is 6.05. The van der Waals surface area contributed by atoms with Crippen LogP contribution >= 0.6 is 12.2 Å². The quantitative estimate of drug-likeness (QED) is 0.359. The lowest BCUT2D eigenvalue weighted by molar-refractivity contribution is 0.396. The summed E-state index contributed by atoms with van der Waals surface area (Å²) >= 11 is 5.74. The summed E-state index contributed by atoms with van der Waals surface area (Å²) in [5.41, 5.74) is 5.54. The van der Waals surface area contributed by atoms with Crippen LogP contribution in [-0.2, 0) is 6.54 Å². The highest BCUT2D eigenvalue weighted by Crippen LogP contribution is 2.38. The van der Waals surface area contributed by atoms with Crippen LogP contribution in [0.4, 0.5) is 4.39 Å². The van der Waals surface area contributed by atoms with Crippen molar-refractivity contribution in [3.05, 3.63) is 113 Å². The minimum atomic E-state index is -0.429. The fourth-order valence-electron chi connectivity index (χ4n) is 4.10. The Kier molecular flexibility index (Phi) is 5.94. The first kappa shape index (κ1) is 22.0. The lowest BCUT2D eigenvalue weighted by atomic mass is 9.94. The van der Waals surface area contributed by atoms with Crippen molar-refractivity contribution in [2.75, 3.05) is 0 Å². The smallest absolute Gasteiger partial charge is 0.258 e. The van der Waals surface area contributed by atoms with Crippen molar-refractivity contribution in [2.45, 2.75) is 26.4 Å². The molecule has 1 aromatic heterocycles. The third kappa shape index (κ3) is 4.34. The summed E-state index contributed by atoms with van der Waals surface area (Å²) in [5, 5.41) is 8.14. The van der Waals surface area contributed by atoms with Crippen molar-refractivity contribution in [3.8, 4) is 11.4 Å². The minimum Gasteiger partial charge on any atom is -0.351 e. The fourth-order valence-corrected chi connectivity index (χ4v) is 4.42. The van der Waals surface area contributed by atoms with E-state index in [0.29, 0.717) is 23.4 Å². The Morgan fingerprint density at radius 1 is 1.00 bits per heavy atom. The lowest BCUT2D eigenvalue weighted by Crippen LogP contribution is -2.45. The summed E-state index contributed by atoms with van der Waals surface area (Å²) in [6.45, 7) is 4.62. The van der Waals surface area contributed by atoms with Crippen LogP contribution in [0.5, 0.6) is 0 Å². The van der Waals surface area contributed by atoms with Gasteiger partial charge in [0, 0.05) is 17.8 Å². The molecular weight excluding hydrogens is 447 g/mol. The number of hydrogen-bond acceptors (Lipinski definition) is 4. The Balaban J connectivity index is 1.60. The Labute approximate surface area is 202 Å². The molecule has 1 atom stereocenters. The average molecular weight is 471 g/mol. The van der Waals surface area contributed by atoms with E-state index in [0.717, 1.165) is 28.0 Å². The number of hydrogen-bond donors (Lipinski definition) is 1. The average Bonchev–Trinajstić information content (AvgIpc) is 3.33. The van der Waals surface area contributed by atoms with E-state index in [4.69, 9.17) is 21.7 Å². The topological polar surface area (TPSA) is 54.2 Å². The van der Waals surface area contributed by atoms with Crippen molar-refractivity contribution < 1.29 is 8.91 Å². The number of halogens is 1.